The zero-order chi connectivity index (χ0) is 21.3. The highest BCUT2D eigenvalue weighted by Gasteiger charge is 2.18. The van der Waals surface area contributed by atoms with Gasteiger partial charge in [-0.25, -0.2) is 0 Å². The van der Waals surface area contributed by atoms with Gasteiger partial charge in [0, 0.05) is 42.8 Å². The van der Waals surface area contributed by atoms with Crippen molar-refractivity contribution in [3.05, 3.63) is 53.6 Å². The molecule has 2 N–H and O–H groups in total. The van der Waals surface area contributed by atoms with Crippen LogP contribution in [0.5, 0.6) is 5.88 Å². The number of aromatic amines is 1. The second-order valence-electron chi connectivity index (χ2n) is 7.60. The molecular formula is C23H25FN4O2. The number of fused-ring (bicyclic) bond motifs is 1. The van der Waals surface area contributed by atoms with E-state index in [0.29, 0.717) is 28.6 Å². The number of halogens is 1. The van der Waals surface area contributed by atoms with E-state index < -0.39 is 6.04 Å². The van der Waals surface area contributed by atoms with E-state index in [0.717, 1.165) is 31.9 Å². The molecule has 1 aromatic heterocycles. The highest BCUT2D eigenvalue weighted by molar-refractivity contribution is 6.14. The lowest BCUT2D eigenvalue weighted by Gasteiger charge is -2.34. The van der Waals surface area contributed by atoms with Crippen molar-refractivity contribution in [1.29, 1.82) is 0 Å². The molecule has 1 fully saturated rings. The first-order valence-corrected chi connectivity index (χ1v) is 10.1. The molecule has 0 bridgehead atoms. The van der Waals surface area contributed by atoms with E-state index in [1.54, 1.807) is 6.07 Å². The number of aromatic nitrogens is 1. The molecule has 1 saturated heterocycles. The quantitative estimate of drug-likeness (QED) is 0.489. The highest BCUT2D eigenvalue weighted by Crippen LogP contribution is 2.31. The van der Waals surface area contributed by atoms with Crippen LogP contribution in [0, 0.1) is 0 Å². The Morgan fingerprint density at radius 2 is 1.83 bits per heavy atom. The average molecular weight is 408 g/mol. The minimum atomic E-state index is -1.50. The van der Waals surface area contributed by atoms with E-state index in [1.165, 1.54) is 17.8 Å². The van der Waals surface area contributed by atoms with E-state index in [1.807, 2.05) is 19.1 Å². The van der Waals surface area contributed by atoms with Crippen LogP contribution in [-0.4, -0.2) is 60.0 Å². The summed E-state index contributed by atoms with van der Waals surface area (Å²) in [5.41, 5.74) is 3.68. The Morgan fingerprint density at radius 3 is 2.47 bits per heavy atom. The van der Waals surface area contributed by atoms with Gasteiger partial charge in [-0.05, 0) is 55.9 Å². The van der Waals surface area contributed by atoms with Crippen molar-refractivity contribution in [2.45, 2.75) is 13.3 Å². The molecule has 30 heavy (non-hydrogen) atoms. The van der Waals surface area contributed by atoms with E-state index in [4.69, 9.17) is 4.99 Å². The van der Waals surface area contributed by atoms with E-state index in [9.17, 15) is 14.3 Å². The SMILES string of the molecule is CCC(=Nc1ccc(N2CCN(C)CC2)cc1)c1c(O)[nH]c2ccc(C(=O)F)cc12. The number of nitrogens with one attached hydrogen (secondary N) is 1. The van der Waals surface area contributed by atoms with Gasteiger partial charge >= 0.3 is 6.04 Å². The van der Waals surface area contributed by atoms with Crippen LogP contribution in [0.4, 0.5) is 15.8 Å². The van der Waals surface area contributed by atoms with Crippen molar-refractivity contribution in [2.24, 2.45) is 4.99 Å². The normalized spacial score (nSPS) is 15.7. The molecule has 0 atom stereocenters. The summed E-state index contributed by atoms with van der Waals surface area (Å²) in [6.07, 6.45) is 0.564. The van der Waals surface area contributed by atoms with Crippen LogP contribution in [0.25, 0.3) is 10.9 Å². The van der Waals surface area contributed by atoms with Gasteiger partial charge in [0.15, 0.2) is 5.88 Å². The number of nitrogens with zero attached hydrogens (tertiary/aromatic N) is 3. The number of aromatic hydroxyl groups is 1. The number of piperazine rings is 1. The lowest BCUT2D eigenvalue weighted by molar-refractivity contribution is 0.0836. The molecule has 156 valence electrons. The second-order valence-corrected chi connectivity index (χ2v) is 7.60. The minimum Gasteiger partial charge on any atom is -0.494 e. The first-order chi connectivity index (χ1) is 14.5. The molecule has 2 aromatic carbocycles. The van der Waals surface area contributed by atoms with Gasteiger partial charge in [-0.3, -0.25) is 9.79 Å². The van der Waals surface area contributed by atoms with Gasteiger partial charge in [0.1, 0.15) is 0 Å². The van der Waals surface area contributed by atoms with Gasteiger partial charge < -0.3 is 19.9 Å². The third-order valence-electron chi connectivity index (χ3n) is 5.61. The number of rotatable bonds is 5. The number of carbonyl (C=O) groups excluding carboxylic acids is 1. The zero-order valence-corrected chi connectivity index (χ0v) is 17.2. The van der Waals surface area contributed by atoms with Crippen LogP contribution in [0.3, 0.4) is 0 Å². The number of hydrogen-bond acceptors (Lipinski definition) is 5. The summed E-state index contributed by atoms with van der Waals surface area (Å²) in [6, 6.07) is 11.0. The fourth-order valence-electron chi connectivity index (χ4n) is 3.86. The molecule has 0 aliphatic carbocycles. The minimum absolute atomic E-state index is 0.0388. The standard InChI is InChI=1S/C23H25FN4O2/c1-3-19(21-18-14-15(22(24)29)4-9-20(18)26-23(21)30)25-16-5-7-17(8-6-16)28-12-10-27(2)11-13-28/h4-9,14,26,30H,3,10-13H2,1-2H3. The smallest absolute Gasteiger partial charge is 0.332 e. The van der Waals surface area contributed by atoms with Crippen molar-refractivity contribution < 1.29 is 14.3 Å². The van der Waals surface area contributed by atoms with Gasteiger partial charge in [-0.1, -0.05) is 6.92 Å². The summed E-state index contributed by atoms with van der Waals surface area (Å²) in [4.78, 5) is 23.4. The Bertz CT molecular complexity index is 1100. The molecule has 0 unspecified atom stereocenters. The Kier molecular flexibility index (Phi) is 5.55. The Labute approximate surface area is 174 Å². The van der Waals surface area contributed by atoms with Crippen molar-refractivity contribution in [3.63, 3.8) is 0 Å². The predicted octanol–water partition coefficient (Wildman–Crippen LogP) is 4.27. The zero-order valence-electron chi connectivity index (χ0n) is 17.2. The fourth-order valence-corrected chi connectivity index (χ4v) is 3.86. The molecule has 0 spiro atoms. The third kappa shape index (κ3) is 3.93. The molecule has 3 aromatic rings. The number of anilines is 1. The molecule has 1 aliphatic rings. The fraction of sp³-hybridized carbons (Fsp3) is 0.304. The first kappa shape index (κ1) is 20.1. The molecule has 1 aliphatic heterocycles. The lowest BCUT2D eigenvalue weighted by atomic mass is 10.0. The van der Waals surface area contributed by atoms with E-state index in [-0.39, 0.29) is 11.4 Å². The van der Waals surface area contributed by atoms with Crippen molar-refractivity contribution in [3.8, 4) is 5.88 Å². The molecule has 2 heterocycles. The Hall–Kier alpha value is -3.19. The molecule has 6 nitrogen and oxygen atoms in total. The topological polar surface area (TPSA) is 71.9 Å². The van der Waals surface area contributed by atoms with Crippen molar-refractivity contribution in [2.75, 3.05) is 38.1 Å². The van der Waals surface area contributed by atoms with Gasteiger partial charge in [0.25, 0.3) is 0 Å². The number of hydrogen-bond donors (Lipinski definition) is 2. The summed E-state index contributed by atoms with van der Waals surface area (Å²) < 4.78 is 13.2. The van der Waals surface area contributed by atoms with Gasteiger partial charge in [0.2, 0.25) is 0 Å². The average Bonchev–Trinajstić information content (AvgIpc) is 3.08. The molecular weight excluding hydrogens is 383 g/mol. The van der Waals surface area contributed by atoms with Crippen molar-refractivity contribution in [1.82, 2.24) is 9.88 Å². The number of likely N-dealkylation sites (N-methyl/N-ethyl adjacent to an activating group) is 1. The summed E-state index contributed by atoms with van der Waals surface area (Å²) >= 11 is 0. The van der Waals surface area contributed by atoms with Gasteiger partial charge in [-0.15, -0.1) is 0 Å². The maximum Gasteiger partial charge on any atom is 0.332 e. The monoisotopic (exact) mass is 408 g/mol. The van der Waals surface area contributed by atoms with Crippen LogP contribution < -0.4 is 4.90 Å². The Morgan fingerprint density at radius 1 is 1.13 bits per heavy atom. The summed E-state index contributed by atoms with van der Waals surface area (Å²) in [6.45, 7) is 6.03. The summed E-state index contributed by atoms with van der Waals surface area (Å²) in [5, 5.41) is 11.0. The van der Waals surface area contributed by atoms with Crippen molar-refractivity contribution >= 4 is 34.0 Å². The number of benzene rings is 2. The van der Waals surface area contributed by atoms with Crippen LogP contribution >= 0.6 is 0 Å². The summed E-state index contributed by atoms with van der Waals surface area (Å²) in [7, 11) is 2.13. The largest absolute Gasteiger partial charge is 0.494 e. The molecule has 0 saturated carbocycles. The van der Waals surface area contributed by atoms with E-state index >= 15 is 0 Å². The van der Waals surface area contributed by atoms with Crippen LogP contribution in [0.15, 0.2) is 47.5 Å². The molecule has 4 rings (SSSR count). The number of H-pyrrole nitrogens is 1. The van der Waals surface area contributed by atoms with Gasteiger partial charge in [-0.2, -0.15) is 4.39 Å². The number of aliphatic imine (C=N–C) groups is 1. The Balaban J connectivity index is 1.66. The maximum atomic E-state index is 13.2. The highest BCUT2D eigenvalue weighted by atomic mass is 19.1. The second kappa shape index (κ2) is 8.28. The molecule has 0 radical (unpaired) electrons. The van der Waals surface area contributed by atoms with Crippen LogP contribution in [0.1, 0.15) is 29.3 Å². The summed E-state index contributed by atoms with van der Waals surface area (Å²) in [5.74, 6) is -0.0388. The first-order valence-electron chi connectivity index (χ1n) is 10.1. The van der Waals surface area contributed by atoms with Gasteiger partial charge in [0.05, 0.1) is 22.5 Å². The molecule has 7 heteroatoms. The third-order valence-corrected chi connectivity index (χ3v) is 5.61. The van der Waals surface area contributed by atoms with E-state index in [2.05, 4.69) is 34.0 Å². The maximum absolute atomic E-state index is 13.2. The molecule has 0 amide bonds. The van der Waals surface area contributed by atoms with Crippen LogP contribution in [-0.2, 0) is 0 Å². The lowest BCUT2D eigenvalue weighted by Crippen LogP contribution is -2.44. The number of carbonyl (C=O) groups is 1. The van der Waals surface area contributed by atoms with Crippen LogP contribution in [0.2, 0.25) is 0 Å². The predicted molar refractivity (Wildman–Crippen MR) is 118 cm³/mol.